The summed E-state index contributed by atoms with van der Waals surface area (Å²) < 4.78 is 5.62. The number of benzene rings is 1. The molecule has 0 fully saturated rings. The highest BCUT2D eigenvalue weighted by Crippen LogP contribution is 2.32. The van der Waals surface area contributed by atoms with Crippen molar-refractivity contribution >= 4 is 17.5 Å². The lowest BCUT2D eigenvalue weighted by Crippen LogP contribution is -2.30. The molecule has 1 aromatic carbocycles. The van der Waals surface area contributed by atoms with Crippen LogP contribution in [0.3, 0.4) is 0 Å². The minimum atomic E-state index is -0.175. The molecule has 0 saturated heterocycles. The first-order valence-corrected chi connectivity index (χ1v) is 7.23. The normalized spacial score (nSPS) is 16.7. The zero-order valence-corrected chi connectivity index (χ0v) is 12.1. The largest absolute Gasteiger partial charge is 0.493 e. The van der Waals surface area contributed by atoms with Crippen molar-refractivity contribution in [3.63, 3.8) is 0 Å². The van der Waals surface area contributed by atoms with E-state index >= 15 is 0 Å². The number of ether oxygens (including phenoxy) is 1. The predicted octanol–water partition coefficient (Wildman–Crippen LogP) is 3.03. The van der Waals surface area contributed by atoms with E-state index in [0.29, 0.717) is 23.7 Å². The molecule has 3 rings (SSSR count). The number of carbonyl (C=O) groups excluding carboxylic acids is 1. The molecule has 1 amide bonds. The highest BCUT2D eigenvalue weighted by atomic mass is 35.5. The number of hydrogen-bond donors (Lipinski definition) is 1. The van der Waals surface area contributed by atoms with Crippen LogP contribution >= 0.6 is 11.6 Å². The summed E-state index contributed by atoms with van der Waals surface area (Å²) in [5.41, 5.74) is 1.59. The molecule has 0 aliphatic carbocycles. The van der Waals surface area contributed by atoms with E-state index in [1.54, 1.807) is 12.3 Å². The van der Waals surface area contributed by atoms with E-state index in [4.69, 9.17) is 16.3 Å². The number of rotatable bonds is 3. The van der Waals surface area contributed by atoms with E-state index in [1.165, 1.54) is 6.20 Å². The first kappa shape index (κ1) is 13.9. The number of hydrogen-bond acceptors (Lipinski definition) is 3. The fourth-order valence-electron chi connectivity index (χ4n) is 2.50. The molecule has 1 N–H and O–H groups in total. The minimum Gasteiger partial charge on any atom is -0.493 e. The molecule has 5 heteroatoms. The second-order valence-corrected chi connectivity index (χ2v) is 5.34. The summed E-state index contributed by atoms with van der Waals surface area (Å²) in [6, 6.07) is 9.57. The number of halogens is 1. The van der Waals surface area contributed by atoms with Crippen LogP contribution in [-0.4, -0.2) is 24.0 Å². The third-order valence-electron chi connectivity index (χ3n) is 3.61. The van der Waals surface area contributed by atoms with Gasteiger partial charge in [-0.15, -0.1) is 0 Å². The minimum absolute atomic E-state index is 0.175. The summed E-state index contributed by atoms with van der Waals surface area (Å²) >= 11 is 5.98. The summed E-state index contributed by atoms with van der Waals surface area (Å²) in [5.74, 6) is 0.996. The molecule has 0 bridgehead atoms. The lowest BCUT2D eigenvalue weighted by molar-refractivity contribution is 0.0948. The van der Waals surface area contributed by atoms with Crippen LogP contribution in [0.2, 0.25) is 5.02 Å². The molecule has 1 aliphatic heterocycles. The number of amides is 1. The Kier molecular flexibility index (Phi) is 4.06. The van der Waals surface area contributed by atoms with E-state index in [0.717, 1.165) is 17.7 Å². The number of fused-ring (bicyclic) bond motifs is 1. The van der Waals surface area contributed by atoms with Gasteiger partial charge in [0.1, 0.15) is 5.75 Å². The molecule has 0 spiro atoms. The topological polar surface area (TPSA) is 51.2 Å². The van der Waals surface area contributed by atoms with Crippen LogP contribution < -0.4 is 10.1 Å². The highest BCUT2D eigenvalue weighted by Gasteiger charge is 2.22. The van der Waals surface area contributed by atoms with E-state index in [2.05, 4.69) is 10.3 Å². The van der Waals surface area contributed by atoms with E-state index in [9.17, 15) is 4.79 Å². The van der Waals surface area contributed by atoms with Crippen LogP contribution in [0.25, 0.3) is 0 Å². The van der Waals surface area contributed by atoms with Crippen LogP contribution in [0.5, 0.6) is 5.75 Å². The molecule has 1 aliphatic rings. The van der Waals surface area contributed by atoms with Gasteiger partial charge in [0.15, 0.2) is 0 Å². The van der Waals surface area contributed by atoms with Gasteiger partial charge in [0, 0.05) is 24.9 Å². The molecule has 2 heterocycles. The standard InChI is InChI=1S/C16H15ClN2O2/c17-14-10-18-7-5-13(14)16(20)19-9-11-6-8-21-15-4-2-1-3-12(11)15/h1-5,7,10-11H,6,8-9H2,(H,19,20). The lowest BCUT2D eigenvalue weighted by Gasteiger charge is -2.26. The molecule has 0 radical (unpaired) electrons. The van der Waals surface area contributed by atoms with Crippen molar-refractivity contribution in [2.45, 2.75) is 12.3 Å². The second-order valence-electron chi connectivity index (χ2n) is 4.94. The van der Waals surface area contributed by atoms with Crippen molar-refractivity contribution in [2.75, 3.05) is 13.2 Å². The third-order valence-corrected chi connectivity index (χ3v) is 3.91. The van der Waals surface area contributed by atoms with Gasteiger partial charge in [0.2, 0.25) is 0 Å². The average molecular weight is 303 g/mol. The Morgan fingerprint density at radius 1 is 1.38 bits per heavy atom. The summed E-state index contributed by atoms with van der Waals surface area (Å²) in [6.45, 7) is 1.24. The van der Waals surface area contributed by atoms with Crippen molar-refractivity contribution in [2.24, 2.45) is 0 Å². The molecule has 4 nitrogen and oxygen atoms in total. The highest BCUT2D eigenvalue weighted by molar-refractivity contribution is 6.33. The van der Waals surface area contributed by atoms with E-state index in [1.807, 2.05) is 24.3 Å². The van der Waals surface area contributed by atoms with Crippen LogP contribution in [0.1, 0.15) is 28.3 Å². The molecule has 1 aromatic heterocycles. The SMILES string of the molecule is O=C(NCC1CCOc2ccccc21)c1ccncc1Cl. The molecular formula is C16H15ClN2O2. The Morgan fingerprint density at radius 3 is 3.10 bits per heavy atom. The zero-order chi connectivity index (χ0) is 14.7. The predicted molar refractivity (Wildman–Crippen MR) is 80.9 cm³/mol. The maximum Gasteiger partial charge on any atom is 0.252 e. The zero-order valence-electron chi connectivity index (χ0n) is 11.4. The monoisotopic (exact) mass is 302 g/mol. The van der Waals surface area contributed by atoms with Gasteiger partial charge in [-0.1, -0.05) is 29.8 Å². The quantitative estimate of drug-likeness (QED) is 0.948. The first-order valence-electron chi connectivity index (χ1n) is 6.85. The molecular weight excluding hydrogens is 288 g/mol. The Morgan fingerprint density at radius 2 is 2.24 bits per heavy atom. The van der Waals surface area contributed by atoms with Gasteiger partial charge in [0.05, 0.1) is 17.2 Å². The van der Waals surface area contributed by atoms with Gasteiger partial charge in [-0.05, 0) is 24.1 Å². The Labute approximate surface area is 128 Å². The molecule has 2 aromatic rings. The van der Waals surface area contributed by atoms with E-state index in [-0.39, 0.29) is 11.8 Å². The Hall–Kier alpha value is -2.07. The molecule has 1 atom stereocenters. The van der Waals surface area contributed by atoms with Gasteiger partial charge in [-0.3, -0.25) is 9.78 Å². The summed E-state index contributed by atoms with van der Waals surface area (Å²) in [5, 5.41) is 3.31. The maximum absolute atomic E-state index is 12.2. The number of aromatic nitrogens is 1. The van der Waals surface area contributed by atoms with Crippen LogP contribution in [-0.2, 0) is 0 Å². The van der Waals surface area contributed by atoms with Crippen LogP contribution in [0.15, 0.2) is 42.7 Å². The van der Waals surface area contributed by atoms with Gasteiger partial charge in [0.25, 0.3) is 5.91 Å². The number of nitrogens with one attached hydrogen (secondary N) is 1. The van der Waals surface area contributed by atoms with Crippen molar-refractivity contribution in [3.05, 3.63) is 58.9 Å². The van der Waals surface area contributed by atoms with Crippen molar-refractivity contribution in [1.82, 2.24) is 10.3 Å². The fraction of sp³-hybridized carbons (Fsp3) is 0.250. The third kappa shape index (κ3) is 3.00. The maximum atomic E-state index is 12.2. The molecule has 0 saturated carbocycles. The first-order chi connectivity index (χ1) is 10.3. The summed E-state index contributed by atoms with van der Waals surface area (Å²) in [7, 11) is 0. The van der Waals surface area contributed by atoms with Crippen LogP contribution in [0.4, 0.5) is 0 Å². The lowest BCUT2D eigenvalue weighted by atomic mass is 9.93. The summed E-state index contributed by atoms with van der Waals surface area (Å²) in [4.78, 5) is 16.0. The Bertz CT molecular complexity index is 660. The van der Waals surface area contributed by atoms with Gasteiger partial charge >= 0.3 is 0 Å². The van der Waals surface area contributed by atoms with Crippen molar-refractivity contribution < 1.29 is 9.53 Å². The molecule has 21 heavy (non-hydrogen) atoms. The van der Waals surface area contributed by atoms with Crippen molar-refractivity contribution in [3.8, 4) is 5.75 Å². The number of carbonyl (C=O) groups is 1. The van der Waals surface area contributed by atoms with Gasteiger partial charge in [-0.25, -0.2) is 0 Å². The molecule has 1 unspecified atom stereocenters. The number of para-hydroxylation sites is 1. The Balaban J connectivity index is 1.69. The van der Waals surface area contributed by atoms with Crippen LogP contribution in [0, 0.1) is 0 Å². The fourth-order valence-corrected chi connectivity index (χ4v) is 2.70. The number of nitrogens with zero attached hydrogens (tertiary/aromatic N) is 1. The molecule has 108 valence electrons. The number of pyridine rings is 1. The second kappa shape index (κ2) is 6.14. The average Bonchev–Trinajstić information content (AvgIpc) is 2.53. The smallest absolute Gasteiger partial charge is 0.252 e. The van der Waals surface area contributed by atoms with Crippen molar-refractivity contribution in [1.29, 1.82) is 0 Å². The van der Waals surface area contributed by atoms with E-state index < -0.39 is 0 Å². The van der Waals surface area contributed by atoms with Gasteiger partial charge < -0.3 is 10.1 Å². The summed E-state index contributed by atoms with van der Waals surface area (Å²) in [6.07, 6.45) is 3.92. The van der Waals surface area contributed by atoms with Gasteiger partial charge in [-0.2, -0.15) is 0 Å².